The first-order chi connectivity index (χ1) is 9.04. The van der Waals surface area contributed by atoms with E-state index in [0.29, 0.717) is 11.4 Å². The molecule has 1 unspecified atom stereocenters. The number of para-hydroxylation sites is 2. The summed E-state index contributed by atoms with van der Waals surface area (Å²) >= 11 is 5.61. The predicted octanol–water partition coefficient (Wildman–Crippen LogP) is 1.11. The van der Waals surface area contributed by atoms with Gasteiger partial charge in [-0.05, 0) is 12.1 Å². The fourth-order valence-corrected chi connectivity index (χ4v) is 2.10. The van der Waals surface area contributed by atoms with Gasteiger partial charge in [0.2, 0.25) is 5.91 Å². The average Bonchev–Trinajstić information content (AvgIpc) is 2.44. The molecule has 1 aromatic rings. The molecule has 0 saturated heterocycles. The Bertz CT molecular complexity index is 504. The number of amides is 2. The van der Waals surface area contributed by atoms with Gasteiger partial charge in [0, 0.05) is 14.1 Å². The van der Waals surface area contributed by atoms with E-state index < -0.39 is 6.10 Å². The number of hydrogen-bond acceptors (Lipinski definition) is 3. The highest BCUT2D eigenvalue weighted by Crippen LogP contribution is 2.33. The predicted molar refractivity (Wildman–Crippen MR) is 72.6 cm³/mol. The maximum absolute atomic E-state index is 12.0. The maximum Gasteiger partial charge on any atom is 0.265 e. The Morgan fingerprint density at radius 3 is 2.74 bits per heavy atom. The van der Waals surface area contributed by atoms with E-state index in [-0.39, 0.29) is 24.2 Å². The molecular formula is C13H15ClN2O3. The first-order valence-corrected chi connectivity index (χ1v) is 6.41. The van der Waals surface area contributed by atoms with Gasteiger partial charge in [0.05, 0.1) is 12.2 Å². The SMILES string of the molecule is CN(C)C(=O)C1CN(C(=O)CCl)c2ccccc2O1. The molecule has 0 radical (unpaired) electrons. The Hall–Kier alpha value is -1.75. The molecule has 2 rings (SSSR count). The number of halogens is 1. The van der Waals surface area contributed by atoms with Crippen LogP contribution < -0.4 is 9.64 Å². The second kappa shape index (κ2) is 5.48. The minimum absolute atomic E-state index is 0.128. The smallest absolute Gasteiger partial charge is 0.265 e. The monoisotopic (exact) mass is 282 g/mol. The van der Waals surface area contributed by atoms with Crippen LogP contribution in [0.4, 0.5) is 5.69 Å². The van der Waals surface area contributed by atoms with Gasteiger partial charge in [-0.15, -0.1) is 11.6 Å². The van der Waals surface area contributed by atoms with Gasteiger partial charge in [-0.25, -0.2) is 0 Å². The molecule has 0 bridgehead atoms. The van der Waals surface area contributed by atoms with E-state index in [9.17, 15) is 9.59 Å². The van der Waals surface area contributed by atoms with Gasteiger partial charge in [0.1, 0.15) is 11.6 Å². The summed E-state index contributed by atoms with van der Waals surface area (Å²) in [6, 6.07) is 7.12. The summed E-state index contributed by atoms with van der Waals surface area (Å²) in [5.41, 5.74) is 0.649. The second-order valence-electron chi connectivity index (χ2n) is 4.44. The molecule has 1 aliphatic heterocycles. The van der Waals surface area contributed by atoms with E-state index >= 15 is 0 Å². The van der Waals surface area contributed by atoms with E-state index in [4.69, 9.17) is 16.3 Å². The second-order valence-corrected chi connectivity index (χ2v) is 4.71. The molecule has 0 spiro atoms. The van der Waals surface area contributed by atoms with Crippen molar-refractivity contribution in [1.29, 1.82) is 0 Å². The molecule has 1 atom stereocenters. The highest BCUT2D eigenvalue weighted by Gasteiger charge is 2.33. The zero-order valence-corrected chi connectivity index (χ0v) is 11.6. The van der Waals surface area contributed by atoms with E-state index in [1.54, 1.807) is 32.3 Å². The lowest BCUT2D eigenvalue weighted by molar-refractivity contribution is -0.136. The number of nitrogens with zero attached hydrogens (tertiary/aromatic N) is 2. The Labute approximate surface area is 116 Å². The van der Waals surface area contributed by atoms with Crippen LogP contribution in [-0.4, -0.2) is 49.3 Å². The number of likely N-dealkylation sites (N-methyl/N-ethyl adjacent to an activating group) is 1. The number of ether oxygens (including phenoxy) is 1. The summed E-state index contributed by atoms with van der Waals surface area (Å²) in [6.07, 6.45) is -0.697. The van der Waals surface area contributed by atoms with E-state index in [2.05, 4.69) is 0 Å². The minimum Gasteiger partial charge on any atom is -0.476 e. The summed E-state index contributed by atoms with van der Waals surface area (Å²) in [5.74, 6) is -0.0275. The number of hydrogen-bond donors (Lipinski definition) is 0. The molecule has 1 aliphatic rings. The van der Waals surface area contributed by atoms with Crippen LogP contribution in [0.1, 0.15) is 0 Å². The number of benzene rings is 1. The topological polar surface area (TPSA) is 49.9 Å². The molecule has 1 aromatic carbocycles. The molecule has 5 nitrogen and oxygen atoms in total. The molecule has 0 fully saturated rings. The van der Waals surface area contributed by atoms with Crippen LogP contribution in [0.2, 0.25) is 0 Å². The lowest BCUT2D eigenvalue weighted by Gasteiger charge is -2.34. The van der Waals surface area contributed by atoms with Crippen LogP contribution in [0.25, 0.3) is 0 Å². The lowest BCUT2D eigenvalue weighted by atomic mass is 10.1. The quantitative estimate of drug-likeness (QED) is 0.764. The van der Waals surface area contributed by atoms with Gasteiger partial charge in [-0.3, -0.25) is 9.59 Å². The van der Waals surface area contributed by atoms with Crippen LogP contribution in [-0.2, 0) is 9.59 Å². The number of carbonyl (C=O) groups excluding carboxylic acids is 2. The van der Waals surface area contributed by atoms with Crippen molar-refractivity contribution in [3.8, 4) is 5.75 Å². The van der Waals surface area contributed by atoms with Crippen molar-refractivity contribution in [2.75, 3.05) is 31.4 Å². The minimum atomic E-state index is -0.697. The summed E-state index contributed by atoms with van der Waals surface area (Å²) in [7, 11) is 3.31. The molecule has 0 N–H and O–H groups in total. The van der Waals surface area contributed by atoms with Crippen LogP contribution in [0.3, 0.4) is 0 Å². The van der Waals surface area contributed by atoms with Gasteiger partial charge in [-0.1, -0.05) is 12.1 Å². The van der Waals surface area contributed by atoms with Crippen LogP contribution in [0.15, 0.2) is 24.3 Å². The van der Waals surface area contributed by atoms with E-state index in [1.807, 2.05) is 6.07 Å². The van der Waals surface area contributed by atoms with Crippen LogP contribution >= 0.6 is 11.6 Å². The molecule has 0 aromatic heterocycles. The summed E-state index contributed by atoms with van der Waals surface area (Å²) in [4.78, 5) is 26.8. The van der Waals surface area contributed by atoms with Crippen LogP contribution in [0, 0.1) is 0 Å². The van der Waals surface area contributed by atoms with Gasteiger partial charge < -0.3 is 14.5 Å². The molecule has 0 aliphatic carbocycles. The Balaban J connectivity index is 2.34. The third-order valence-electron chi connectivity index (χ3n) is 2.91. The third-order valence-corrected chi connectivity index (χ3v) is 3.13. The third kappa shape index (κ3) is 2.66. The molecular weight excluding hydrogens is 268 g/mol. The molecule has 0 saturated carbocycles. The molecule has 102 valence electrons. The highest BCUT2D eigenvalue weighted by atomic mass is 35.5. The van der Waals surface area contributed by atoms with Crippen molar-refractivity contribution in [2.45, 2.75) is 6.10 Å². The fraction of sp³-hybridized carbons (Fsp3) is 0.385. The number of rotatable bonds is 2. The first kappa shape index (κ1) is 13.7. The van der Waals surface area contributed by atoms with Crippen molar-refractivity contribution >= 4 is 29.1 Å². The molecule has 1 heterocycles. The number of anilines is 1. The van der Waals surface area contributed by atoms with Gasteiger partial charge in [0.25, 0.3) is 5.91 Å². The molecule has 2 amide bonds. The Morgan fingerprint density at radius 2 is 2.11 bits per heavy atom. The zero-order valence-electron chi connectivity index (χ0n) is 10.8. The van der Waals surface area contributed by atoms with Gasteiger partial charge in [-0.2, -0.15) is 0 Å². The number of alkyl halides is 1. The van der Waals surface area contributed by atoms with Crippen molar-refractivity contribution in [3.05, 3.63) is 24.3 Å². The van der Waals surface area contributed by atoms with Crippen molar-refractivity contribution in [2.24, 2.45) is 0 Å². The average molecular weight is 283 g/mol. The number of fused-ring (bicyclic) bond motifs is 1. The van der Waals surface area contributed by atoms with Crippen molar-refractivity contribution in [3.63, 3.8) is 0 Å². The molecule has 19 heavy (non-hydrogen) atoms. The van der Waals surface area contributed by atoms with E-state index in [0.717, 1.165) is 0 Å². The van der Waals surface area contributed by atoms with E-state index in [1.165, 1.54) is 9.80 Å². The fourth-order valence-electron chi connectivity index (χ4n) is 1.96. The van der Waals surface area contributed by atoms with Crippen molar-refractivity contribution in [1.82, 2.24) is 4.90 Å². The normalized spacial score (nSPS) is 17.4. The highest BCUT2D eigenvalue weighted by molar-refractivity contribution is 6.29. The zero-order chi connectivity index (χ0) is 14.0. The number of carbonyl (C=O) groups is 2. The summed E-state index contributed by atoms with van der Waals surface area (Å²) in [6.45, 7) is 0.180. The van der Waals surface area contributed by atoms with Gasteiger partial charge in [0.15, 0.2) is 6.10 Å². The largest absolute Gasteiger partial charge is 0.476 e. The van der Waals surface area contributed by atoms with Crippen LogP contribution in [0.5, 0.6) is 5.75 Å². The lowest BCUT2D eigenvalue weighted by Crippen LogP contribution is -2.50. The maximum atomic E-state index is 12.0. The summed E-state index contributed by atoms with van der Waals surface area (Å²) in [5, 5.41) is 0. The standard InChI is InChI=1S/C13H15ClN2O3/c1-15(2)13(18)11-8-16(12(17)7-14)9-5-3-4-6-10(9)19-11/h3-6,11H,7-8H2,1-2H3. The van der Waals surface area contributed by atoms with Gasteiger partial charge >= 0.3 is 0 Å². The first-order valence-electron chi connectivity index (χ1n) is 5.87. The summed E-state index contributed by atoms with van der Waals surface area (Å²) < 4.78 is 5.65. The molecule has 6 heteroatoms. The van der Waals surface area contributed by atoms with Crippen molar-refractivity contribution < 1.29 is 14.3 Å². The Kier molecular flexibility index (Phi) is 3.95. The Morgan fingerprint density at radius 1 is 1.42 bits per heavy atom.